The van der Waals surface area contributed by atoms with Crippen molar-refractivity contribution in [2.45, 2.75) is 6.42 Å². The van der Waals surface area contributed by atoms with E-state index in [1.807, 2.05) is 4.90 Å². The third-order valence-electron chi connectivity index (χ3n) is 4.90. The SMILES string of the molecule is COc1ccc(C(=O)N2CCN(c3nnc(Cc4ccc(F)cc4)s3)CC2)cc1. The number of aromatic nitrogens is 2. The smallest absolute Gasteiger partial charge is 0.253 e. The van der Waals surface area contributed by atoms with E-state index in [2.05, 4.69) is 15.1 Å². The second kappa shape index (κ2) is 8.57. The minimum absolute atomic E-state index is 0.0292. The predicted molar refractivity (Wildman–Crippen MR) is 110 cm³/mol. The van der Waals surface area contributed by atoms with Gasteiger partial charge in [-0.3, -0.25) is 4.79 Å². The van der Waals surface area contributed by atoms with Crippen molar-refractivity contribution in [1.29, 1.82) is 0 Å². The third-order valence-corrected chi connectivity index (χ3v) is 5.88. The number of piperazine rings is 1. The molecule has 0 bridgehead atoms. The van der Waals surface area contributed by atoms with Crippen LogP contribution in [-0.4, -0.2) is 54.3 Å². The maximum Gasteiger partial charge on any atom is 0.253 e. The van der Waals surface area contributed by atoms with Crippen molar-refractivity contribution < 1.29 is 13.9 Å². The number of ether oxygens (including phenoxy) is 1. The van der Waals surface area contributed by atoms with E-state index in [4.69, 9.17) is 4.74 Å². The summed E-state index contributed by atoms with van der Waals surface area (Å²) in [6.07, 6.45) is 0.633. The van der Waals surface area contributed by atoms with Crippen LogP contribution in [0.1, 0.15) is 20.9 Å². The van der Waals surface area contributed by atoms with Gasteiger partial charge in [0.05, 0.1) is 7.11 Å². The van der Waals surface area contributed by atoms with Crippen LogP contribution in [-0.2, 0) is 6.42 Å². The van der Waals surface area contributed by atoms with E-state index in [0.717, 1.165) is 21.5 Å². The number of carbonyl (C=O) groups is 1. The fraction of sp³-hybridized carbons (Fsp3) is 0.286. The molecule has 0 atom stereocenters. The van der Waals surface area contributed by atoms with Crippen LogP contribution in [0.2, 0.25) is 0 Å². The summed E-state index contributed by atoms with van der Waals surface area (Å²) in [6.45, 7) is 2.70. The zero-order valence-electron chi connectivity index (χ0n) is 16.0. The number of carbonyl (C=O) groups excluding carboxylic acids is 1. The molecule has 1 amide bonds. The molecule has 0 spiro atoms. The van der Waals surface area contributed by atoms with E-state index in [1.165, 1.54) is 12.1 Å². The molecular formula is C21H21FN4O2S. The molecular weight excluding hydrogens is 391 g/mol. The molecule has 1 aromatic heterocycles. The fourth-order valence-electron chi connectivity index (χ4n) is 3.24. The summed E-state index contributed by atoms with van der Waals surface area (Å²) in [7, 11) is 1.61. The molecule has 4 rings (SSSR count). The molecule has 8 heteroatoms. The number of benzene rings is 2. The zero-order chi connectivity index (χ0) is 20.2. The van der Waals surface area contributed by atoms with E-state index in [0.29, 0.717) is 38.2 Å². The Balaban J connectivity index is 1.34. The first-order valence-corrected chi connectivity index (χ1v) is 10.2. The monoisotopic (exact) mass is 412 g/mol. The molecule has 2 heterocycles. The van der Waals surface area contributed by atoms with Crippen molar-refractivity contribution in [1.82, 2.24) is 15.1 Å². The predicted octanol–water partition coefficient (Wildman–Crippen LogP) is 3.24. The average molecular weight is 412 g/mol. The molecule has 2 aromatic carbocycles. The molecule has 1 fully saturated rings. The molecule has 0 aliphatic carbocycles. The highest BCUT2D eigenvalue weighted by molar-refractivity contribution is 7.15. The summed E-state index contributed by atoms with van der Waals surface area (Å²) in [4.78, 5) is 16.7. The number of hydrogen-bond acceptors (Lipinski definition) is 6. The summed E-state index contributed by atoms with van der Waals surface area (Å²) < 4.78 is 18.2. The van der Waals surface area contributed by atoms with Gasteiger partial charge in [-0.15, -0.1) is 10.2 Å². The number of amides is 1. The second-order valence-corrected chi connectivity index (χ2v) is 7.83. The van der Waals surface area contributed by atoms with Gasteiger partial charge < -0.3 is 14.5 Å². The Morgan fingerprint density at radius 3 is 2.38 bits per heavy atom. The first-order valence-electron chi connectivity index (χ1n) is 9.37. The van der Waals surface area contributed by atoms with E-state index >= 15 is 0 Å². The quantitative estimate of drug-likeness (QED) is 0.644. The normalized spacial score (nSPS) is 14.1. The molecule has 3 aromatic rings. The Kier molecular flexibility index (Phi) is 5.71. The van der Waals surface area contributed by atoms with Crippen LogP contribution in [0.5, 0.6) is 5.75 Å². The summed E-state index contributed by atoms with van der Waals surface area (Å²) in [5, 5.41) is 10.3. The number of methoxy groups -OCH3 is 1. The van der Waals surface area contributed by atoms with E-state index in [-0.39, 0.29) is 11.7 Å². The van der Waals surface area contributed by atoms with Gasteiger partial charge in [-0.1, -0.05) is 23.5 Å². The number of anilines is 1. The van der Waals surface area contributed by atoms with Crippen LogP contribution in [0.15, 0.2) is 48.5 Å². The Bertz CT molecular complexity index is 967. The minimum atomic E-state index is -0.242. The number of nitrogens with zero attached hydrogens (tertiary/aromatic N) is 4. The summed E-state index contributed by atoms with van der Waals surface area (Å²) >= 11 is 1.54. The first-order chi connectivity index (χ1) is 14.1. The van der Waals surface area contributed by atoms with Gasteiger partial charge in [-0.05, 0) is 42.0 Å². The maximum absolute atomic E-state index is 13.0. The Morgan fingerprint density at radius 1 is 1.03 bits per heavy atom. The summed E-state index contributed by atoms with van der Waals surface area (Å²) in [5.41, 5.74) is 1.67. The highest BCUT2D eigenvalue weighted by Crippen LogP contribution is 2.24. The molecule has 0 unspecified atom stereocenters. The molecule has 1 saturated heterocycles. The second-order valence-electron chi connectivity index (χ2n) is 6.79. The van der Waals surface area contributed by atoms with E-state index in [1.54, 1.807) is 54.8 Å². The van der Waals surface area contributed by atoms with Crippen LogP contribution < -0.4 is 9.64 Å². The van der Waals surface area contributed by atoms with Gasteiger partial charge >= 0.3 is 0 Å². The van der Waals surface area contributed by atoms with E-state index in [9.17, 15) is 9.18 Å². The van der Waals surface area contributed by atoms with Crippen LogP contribution in [0.4, 0.5) is 9.52 Å². The Hall–Kier alpha value is -3.00. The first kappa shape index (κ1) is 19.3. The largest absolute Gasteiger partial charge is 0.497 e. The highest BCUT2D eigenvalue weighted by Gasteiger charge is 2.24. The van der Waals surface area contributed by atoms with Gasteiger partial charge in [0.1, 0.15) is 16.6 Å². The molecule has 0 saturated carbocycles. The van der Waals surface area contributed by atoms with Gasteiger partial charge in [-0.2, -0.15) is 0 Å². The van der Waals surface area contributed by atoms with Crippen molar-refractivity contribution in [2.75, 3.05) is 38.2 Å². The number of rotatable bonds is 5. The van der Waals surface area contributed by atoms with Crippen LogP contribution in [0.3, 0.4) is 0 Å². The Labute approximate surface area is 172 Å². The molecule has 1 aliphatic heterocycles. The van der Waals surface area contributed by atoms with Gasteiger partial charge in [-0.25, -0.2) is 4.39 Å². The molecule has 6 nitrogen and oxygen atoms in total. The van der Waals surface area contributed by atoms with Gasteiger partial charge in [0.25, 0.3) is 5.91 Å². The van der Waals surface area contributed by atoms with Crippen LogP contribution in [0, 0.1) is 5.82 Å². The molecule has 1 aliphatic rings. The van der Waals surface area contributed by atoms with Crippen LogP contribution >= 0.6 is 11.3 Å². The Morgan fingerprint density at radius 2 is 1.72 bits per heavy atom. The van der Waals surface area contributed by atoms with Crippen molar-refractivity contribution in [3.63, 3.8) is 0 Å². The van der Waals surface area contributed by atoms with Crippen molar-refractivity contribution in [3.8, 4) is 5.75 Å². The summed E-state index contributed by atoms with van der Waals surface area (Å²) in [6, 6.07) is 13.6. The standard InChI is InChI=1S/C21H21FN4O2S/c1-28-18-8-4-16(5-9-18)20(27)25-10-12-26(13-11-25)21-24-23-19(29-21)14-15-2-6-17(22)7-3-15/h2-9H,10-14H2,1H3. The average Bonchev–Trinajstić information content (AvgIpc) is 3.23. The molecule has 0 N–H and O–H groups in total. The lowest BCUT2D eigenvalue weighted by Crippen LogP contribution is -2.48. The minimum Gasteiger partial charge on any atom is -0.497 e. The van der Waals surface area contributed by atoms with Gasteiger partial charge in [0.2, 0.25) is 5.13 Å². The zero-order valence-corrected chi connectivity index (χ0v) is 16.9. The summed E-state index contributed by atoms with van der Waals surface area (Å²) in [5.74, 6) is 0.523. The maximum atomic E-state index is 13.0. The number of halogens is 1. The van der Waals surface area contributed by atoms with Gasteiger partial charge in [0.15, 0.2) is 0 Å². The highest BCUT2D eigenvalue weighted by atomic mass is 32.1. The molecule has 0 radical (unpaired) electrons. The lowest BCUT2D eigenvalue weighted by atomic mass is 10.1. The van der Waals surface area contributed by atoms with E-state index < -0.39 is 0 Å². The number of hydrogen-bond donors (Lipinski definition) is 0. The third kappa shape index (κ3) is 4.54. The van der Waals surface area contributed by atoms with Crippen molar-refractivity contribution >= 4 is 22.4 Å². The molecule has 150 valence electrons. The van der Waals surface area contributed by atoms with Crippen molar-refractivity contribution in [2.24, 2.45) is 0 Å². The lowest BCUT2D eigenvalue weighted by molar-refractivity contribution is 0.0746. The van der Waals surface area contributed by atoms with Crippen LogP contribution in [0.25, 0.3) is 0 Å². The fourth-order valence-corrected chi connectivity index (χ4v) is 4.16. The topological polar surface area (TPSA) is 58.6 Å². The lowest BCUT2D eigenvalue weighted by Gasteiger charge is -2.34. The molecule has 29 heavy (non-hydrogen) atoms. The van der Waals surface area contributed by atoms with Crippen molar-refractivity contribution in [3.05, 3.63) is 70.5 Å². The van der Waals surface area contributed by atoms with Gasteiger partial charge in [0, 0.05) is 38.2 Å².